The highest BCUT2D eigenvalue weighted by Crippen LogP contribution is 2.18. The second-order valence-corrected chi connectivity index (χ2v) is 3.36. The molecule has 2 rings (SSSR count). The van der Waals surface area contributed by atoms with E-state index in [9.17, 15) is 0 Å². The molecular formula is C9H22N2. The first-order valence-corrected chi connectivity index (χ1v) is 4.79. The van der Waals surface area contributed by atoms with E-state index in [2.05, 4.69) is 17.3 Å². The molecule has 68 valence electrons. The van der Waals surface area contributed by atoms with E-state index in [4.69, 9.17) is 0 Å². The van der Waals surface area contributed by atoms with E-state index in [0.717, 1.165) is 12.1 Å². The summed E-state index contributed by atoms with van der Waals surface area (Å²) in [4.78, 5) is 2.43. The summed E-state index contributed by atoms with van der Waals surface area (Å²) in [5, 5.41) is 3.58. The van der Waals surface area contributed by atoms with Crippen molar-refractivity contribution in [2.45, 2.75) is 38.8 Å². The summed E-state index contributed by atoms with van der Waals surface area (Å²) >= 11 is 0. The Balaban J connectivity index is 0.000000378. The lowest BCUT2D eigenvalue weighted by molar-refractivity contribution is 0.235. The molecule has 11 heavy (non-hydrogen) atoms. The highest BCUT2D eigenvalue weighted by molar-refractivity contribution is 4.91. The fraction of sp³-hybridized carbons (Fsp3) is 1.00. The van der Waals surface area contributed by atoms with Gasteiger partial charge in [-0.2, -0.15) is 0 Å². The van der Waals surface area contributed by atoms with Gasteiger partial charge in [0.2, 0.25) is 0 Å². The van der Waals surface area contributed by atoms with Crippen molar-refractivity contribution in [1.29, 1.82) is 0 Å². The van der Waals surface area contributed by atoms with Gasteiger partial charge in [0.25, 0.3) is 0 Å². The molecule has 0 spiro atoms. The Morgan fingerprint density at radius 1 is 1.18 bits per heavy atom. The number of likely N-dealkylation sites (tertiary alicyclic amines) is 1. The van der Waals surface area contributed by atoms with E-state index in [1.54, 1.807) is 0 Å². The molecule has 2 heteroatoms. The van der Waals surface area contributed by atoms with Crippen LogP contribution in [-0.2, 0) is 0 Å². The van der Waals surface area contributed by atoms with Crippen LogP contribution >= 0.6 is 0 Å². The van der Waals surface area contributed by atoms with Crippen LogP contribution in [0, 0.1) is 0 Å². The summed E-state index contributed by atoms with van der Waals surface area (Å²) < 4.78 is 0. The number of nitrogens with zero attached hydrogens (tertiary/aromatic N) is 1. The third kappa shape index (κ3) is 2.17. The Bertz CT molecular complexity index is 107. The summed E-state index contributed by atoms with van der Waals surface area (Å²) in [6.07, 6.45) is 2.80. The van der Waals surface area contributed by atoms with Gasteiger partial charge in [0.15, 0.2) is 0 Å². The Kier molecular flexibility index (Phi) is 3.34. The van der Waals surface area contributed by atoms with Crippen LogP contribution in [0.15, 0.2) is 0 Å². The van der Waals surface area contributed by atoms with Gasteiger partial charge in [0, 0.05) is 26.6 Å². The molecular weight excluding hydrogens is 136 g/mol. The minimum absolute atomic E-state index is 0. The molecule has 0 amide bonds. The molecule has 1 N–H and O–H groups in total. The molecule has 0 aromatic heterocycles. The van der Waals surface area contributed by atoms with Crippen LogP contribution in [0.5, 0.6) is 0 Å². The lowest BCUT2D eigenvalue weighted by atomic mass is 10.2. The molecule has 2 atom stereocenters. The molecule has 0 aromatic rings. The standard InChI is InChI=1S/C7H14N2.C2H6.H2/c1-9-4-6-2-3-7(5-9)8-6;1-2;/h6-8H,2-5H2,1H3;1-2H3;1H/t6-,7+;;. The van der Waals surface area contributed by atoms with Crippen molar-refractivity contribution in [3.8, 4) is 0 Å². The maximum atomic E-state index is 3.58. The Morgan fingerprint density at radius 2 is 1.64 bits per heavy atom. The van der Waals surface area contributed by atoms with Crippen LogP contribution in [0.4, 0.5) is 0 Å². The molecule has 2 saturated heterocycles. The number of rotatable bonds is 0. The highest BCUT2D eigenvalue weighted by atomic mass is 15.2. The predicted molar refractivity (Wildman–Crippen MR) is 50.9 cm³/mol. The van der Waals surface area contributed by atoms with Gasteiger partial charge in [-0.25, -0.2) is 0 Å². The number of fused-ring (bicyclic) bond motifs is 2. The summed E-state index contributed by atoms with van der Waals surface area (Å²) in [5.74, 6) is 0. The maximum absolute atomic E-state index is 3.58. The summed E-state index contributed by atoms with van der Waals surface area (Å²) in [6, 6.07) is 1.63. The molecule has 0 unspecified atom stereocenters. The fourth-order valence-corrected chi connectivity index (χ4v) is 2.02. The van der Waals surface area contributed by atoms with Gasteiger partial charge < -0.3 is 10.2 Å². The van der Waals surface area contributed by atoms with Gasteiger partial charge >= 0.3 is 0 Å². The zero-order valence-electron chi connectivity index (χ0n) is 7.93. The number of nitrogens with one attached hydrogen (secondary N) is 1. The van der Waals surface area contributed by atoms with Crippen LogP contribution in [0.3, 0.4) is 0 Å². The van der Waals surface area contributed by atoms with E-state index in [1.165, 1.54) is 25.9 Å². The topological polar surface area (TPSA) is 15.3 Å². The van der Waals surface area contributed by atoms with E-state index < -0.39 is 0 Å². The van der Waals surface area contributed by atoms with E-state index in [1.807, 2.05) is 13.8 Å². The smallest absolute Gasteiger partial charge is 0.0198 e. The van der Waals surface area contributed by atoms with Gasteiger partial charge in [-0.3, -0.25) is 0 Å². The molecule has 0 saturated carbocycles. The largest absolute Gasteiger partial charge is 0.309 e. The quantitative estimate of drug-likeness (QED) is 0.572. The van der Waals surface area contributed by atoms with Crippen LogP contribution in [-0.4, -0.2) is 37.1 Å². The van der Waals surface area contributed by atoms with E-state index in [-0.39, 0.29) is 1.43 Å². The minimum Gasteiger partial charge on any atom is -0.309 e. The highest BCUT2D eigenvalue weighted by Gasteiger charge is 2.29. The minimum atomic E-state index is 0. The third-order valence-electron chi connectivity index (χ3n) is 2.40. The van der Waals surface area contributed by atoms with Crippen molar-refractivity contribution in [2.75, 3.05) is 20.1 Å². The molecule has 0 aliphatic carbocycles. The van der Waals surface area contributed by atoms with Crippen molar-refractivity contribution < 1.29 is 1.43 Å². The van der Waals surface area contributed by atoms with Crippen molar-refractivity contribution in [2.24, 2.45) is 0 Å². The number of piperazine rings is 1. The van der Waals surface area contributed by atoms with Crippen molar-refractivity contribution in [3.05, 3.63) is 0 Å². The molecule has 2 fully saturated rings. The summed E-state index contributed by atoms with van der Waals surface area (Å²) in [5.41, 5.74) is 0. The first-order valence-electron chi connectivity index (χ1n) is 4.79. The monoisotopic (exact) mass is 158 g/mol. The average Bonchev–Trinajstić information content (AvgIpc) is 2.35. The van der Waals surface area contributed by atoms with Gasteiger partial charge in [0.1, 0.15) is 0 Å². The van der Waals surface area contributed by atoms with Crippen LogP contribution < -0.4 is 5.32 Å². The SMILES string of the molecule is CC.CN1C[C@H]2CC[C@@H](C1)N2.[HH]. The maximum Gasteiger partial charge on any atom is 0.0198 e. The Hall–Kier alpha value is -0.0800. The van der Waals surface area contributed by atoms with Crippen LogP contribution in [0.2, 0.25) is 0 Å². The molecule has 2 heterocycles. The molecule has 0 radical (unpaired) electrons. The summed E-state index contributed by atoms with van der Waals surface area (Å²) in [7, 11) is 2.21. The second kappa shape index (κ2) is 4.07. The molecule has 2 bridgehead atoms. The third-order valence-corrected chi connectivity index (χ3v) is 2.40. The lowest BCUT2D eigenvalue weighted by Crippen LogP contribution is -2.49. The van der Waals surface area contributed by atoms with Gasteiger partial charge in [-0.1, -0.05) is 13.8 Å². The molecule has 2 nitrogen and oxygen atoms in total. The molecule has 0 aromatic carbocycles. The van der Waals surface area contributed by atoms with Crippen molar-refractivity contribution in [1.82, 2.24) is 10.2 Å². The van der Waals surface area contributed by atoms with Crippen molar-refractivity contribution in [3.63, 3.8) is 0 Å². The first kappa shape index (κ1) is 9.01. The van der Waals surface area contributed by atoms with Gasteiger partial charge in [-0.05, 0) is 19.9 Å². The molecule has 2 aliphatic heterocycles. The van der Waals surface area contributed by atoms with Gasteiger partial charge in [0.05, 0.1) is 0 Å². The van der Waals surface area contributed by atoms with Crippen molar-refractivity contribution >= 4 is 0 Å². The Morgan fingerprint density at radius 3 is 2.09 bits per heavy atom. The average molecular weight is 158 g/mol. The number of hydrogen-bond donors (Lipinski definition) is 1. The fourth-order valence-electron chi connectivity index (χ4n) is 2.02. The Labute approximate surface area is 71.4 Å². The molecule has 2 aliphatic rings. The first-order chi connectivity index (χ1) is 5.34. The zero-order chi connectivity index (χ0) is 8.27. The van der Waals surface area contributed by atoms with Crippen LogP contribution in [0.25, 0.3) is 0 Å². The number of likely N-dealkylation sites (N-methyl/N-ethyl adjacent to an activating group) is 1. The number of hydrogen-bond acceptors (Lipinski definition) is 2. The van der Waals surface area contributed by atoms with E-state index >= 15 is 0 Å². The predicted octanol–water partition coefficient (Wildman–Crippen LogP) is 1.32. The normalized spacial score (nSPS) is 36.3. The van der Waals surface area contributed by atoms with E-state index in [0.29, 0.717) is 0 Å². The zero-order valence-corrected chi connectivity index (χ0v) is 7.93. The second-order valence-electron chi connectivity index (χ2n) is 3.36. The van der Waals surface area contributed by atoms with Crippen LogP contribution in [0.1, 0.15) is 28.1 Å². The lowest BCUT2D eigenvalue weighted by Gasteiger charge is -2.29. The van der Waals surface area contributed by atoms with Gasteiger partial charge in [-0.15, -0.1) is 0 Å². The summed E-state index contributed by atoms with van der Waals surface area (Å²) in [6.45, 7) is 6.52.